The fourth-order valence-electron chi connectivity index (χ4n) is 2.61. The molecule has 0 bridgehead atoms. The van der Waals surface area contributed by atoms with Crippen LogP contribution in [-0.2, 0) is 11.2 Å². The molecule has 134 valence electrons. The van der Waals surface area contributed by atoms with E-state index in [9.17, 15) is 4.79 Å². The number of piperazine rings is 1. The first kappa shape index (κ1) is 18.5. The molecule has 0 atom stereocenters. The third kappa shape index (κ3) is 5.36. The molecule has 0 radical (unpaired) electrons. The van der Waals surface area contributed by atoms with E-state index in [2.05, 4.69) is 25.6 Å². The Morgan fingerprint density at radius 3 is 2.67 bits per heavy atom. The van der Waals surface area contributed by atoms with E-state index >= 15 is 0 Å². The molecule has 1 aromatic rings. The third-order valence-electron chi connectivity index (χ3n) is 3.83. The standard InChI is InChI=1S/C16H27N5O2S/c1-4-23-16(22)21-10-8-20(9-11-21)15(17-3)18-7-5-6-14-19-13(2)12-24-14/h12H,4-11H2,1-3H3,(H,17,18). The average Bonchev–Trinajstić information content (AvgIpc) is 3.01. The molecule has 0 saturated carbocycles. The van der Waals surface area contributed by atoms with Crippen molar-refractivity contribution in [2.45, 2.75) is 26.7 Å². The number of aromatic nitrogens is 1. The Kier molecular flexibility index (Phi) is 7.30. The first-order chi connectivity index (χ1) is 11.6. The lowest BCUT2D eigenvalue weighted by Gasteiger charge is -2.35. The Balaban J connectivity index is 1.69. The number of guanidine groups is 1. The van der Waals surface area contributed by atoms with Gasteiger partial charge in [-0.15, -0.1) is 11.3 Å². The molecule has 7 nitrogen and oxygen atoms in total. The molecule has 24 heavy (non-hydrogen) atoms. The van der Waals surface area contributed by atoms with Crippen molar-refractivity contribution in [1.82, 2.24) is 20.1 Å². The summed E-state index contributed by atoms with van der Waals surface area (Å²) in [6.07, 6.45) is 1.78. The van der Waals surface area contributed by atoms with Gasteiger partial charge in [0.25, 0.3) is 0 Å². The minimum atomic E-state index is -0.223. The van der Waals surface area contributed by atoms with E-state index in [0.717, 1.165) is 44.1 Å². The van der Waals surface area contributed by atoms with Gasteiger partial charge in [-0.05, 0) is 20.3 Å². The summed E-state index contributed by atoms with van der Waals surface area (Å²) in [6, 6.07) is 0. The summed E-state index contributed by atoms with van der Waals surface area (Å²) < 4.78 is 5.04. The van der Waals surface area contributed by atoms with Crippen LogP contribution in [0.5, 0.6) is 0 Å². The minimum Gasteiger partial charge on any atom is -0.450 e. The van der Waals surface area contributed by atoms with Gasteiger partial charge in [0.15, 0.2) is 5.96 Å². The summed E-state index contributed by atoms with van der Waals surface area (Å²) in [5, 5.41) is 6.68. The Morgan fingerprint density at radius 1 is 1.38 bits per heavy atom. The van der Waals surface area contributed by atoms with Gasteiger partial charge >= 0.3 is 6.09 Å². The molecule has 1 fully saturated rings. The number of hydrogen-bond acceptors (Lipinski definition) is 5. The van der Waals surface area contributed by atoms with Crippen LogP contribution < -0.4 is 5.32 Å². The topological polar surface area (TPSA) is 70.1 Å². The fraction of sp³-hybridized carbons (Fsp3) is 0.688. The SMILES string of the molecule is CCOC(=O)N1CCN(C(=NC)NCCCc2nc(C)cs2)CC1. The molecular formula is C16H27N5O2S. The molecule has 1 saturated heterocycles. The number of carbonyl (C=O) groups is 1. The molecule has 1 N–H and O–H groups in total. The van der Waals surface area contributed by atoms with E-state index in [1.54, 1.807) is 23.3 Å². The molecule has 2 rings (SSSR count). The quantitative estimate of drug-likeness (QED) is 0.496. The van der Waals surface area contributed by atoms with Crippen LogP contribution >= 0.6 is 11.3 Å². The zero-order valence-electron chi connectivity index (χ0n) is 14.7. The number of hydrogen-bond donors (Lipinski definition) is 1. The second-order valence-corrected chi connectivity index (χ2v) is 6.58. The number of ether oxygens (including phenoxy) is 1. The number of aliphatic imine (C=N–C) groups is 1. The molecule has 0 unspecified atom stereocenters. The summed E-state index contributed by atoms with van der Waals surface area (Å²) in [5.74, 6) is 0.897. The van der Waals surface area contributed by atoms with E-state index in [1.165, 1.54) is 5.01 Å². The molecule has 1 aliphatic rings. The number of nitrogens with zero attached hydrogens (tertiary/aromatic N) is 4. The van der Waals surface area contributed by atoms with Crippen molar-refractivity contribution in [2.75, 3.05) is 46.4 Å². The van der Waals surface area contributed by atoms with Gasteiger partial charge in [-0.3, -0.25) is 4.99 Å². The predicted octanol–water partition coefficient (Wildman–Crippen LogP) is 1.73. The Hall–Kier alpha value is -1.83. The second-order valence-electron chi connectivity index (χ2n) is 5.63. The van der Waals surface area contributed by atoms with Gasteiger partial charge in [0.1, 0.15) is 0 Å². The van der Waals surface area contributed by atoms with E-state index in [0.29, 0.717) is 19.7 Å². The normalized spacial score (nSPS) is 15.5. The molecule has 0 aromatic carbocycles. The van der Waals surface area contributed by atoms with Gasteiger partial charge in [0.05, 0.1) is 11.6 Å². The highest BCUT2D eigenvalue weighted by Gasteiger charge is 2.23. The van der Waals surface area contributed by atoms with Crippen LogP contribution in [-0.4, -0.2) is 73.2 Å². The van der Waals surface area contributed by atoms with Gasteiger partial charge in [-0.1, -0.05) is 0 Å². The van der Waals surface area contributed by atoms with E-state index < -0.39 is 0 Å². The molecule has 1 aliphatic heterocycles. The number of nitrogens with one attached hydrogen (secondary N) is 1. The number of aryl methyl sites for hydroxylation is 2. The largest absolute Gasteiger partial charge is 0.450 e. The maximum atomic E-state index is 11.7. The summed E-state index contributed by atoms with van der Waals surface area (Å²) in [4.78, 5) is 24.5. The molecule has 8 heteroatoms. The lowest BCUT2D eigenvalue weighted by atomic mass is 10.3. The van der Waals surface area contributed by atoms with Crippen LogP contribution in [0, 0.1) is 6.92 Å². The molecule has 1 aromatic heterocycles. The Morgan fingerprint density at radius 2 is 2.08 bits per heavy atom. The van der Waals surface area contributed by atoms with Crippen molar-refractivity contribution in [3.8, 4) is 0 Å². The molecule has 0 aliphatic carbocycles. The van der Waals surface area contributed by atoms with Crippen LogP contribution in [0.25, 0.3) is 0 Å². The van der Waals surface area contributed by atoms with Crippen LogP contribution in [0.3, 0.4) is 0 Å². The average molecular weight is 353 g/mol. The number of amides is 1. The summed E-state index contributed by atoms with van der Waals surface area (Å²) in [7, 11) is 1.80. The molecule has 2 heterocycles. The number of carbonyl (C=O) groups excluding carboxylic acids is 1. The monoisotopic (exact) mass is 353 g/mol. The van der Waals surface area contributed by atoms with Crippen molar-refractivity contribution >= 4 is 23.4 Å². The van der Waals surface area contributed by atoms with Crippen LogP contribution in [0.15, 0.2) is 10.4 Å². The van der Waals surface area contributed by atoms with Crippen molar-refractivity contribution in [2.24, 2.45) is 4.99 Å². The van der Waals surface area contributed by atoms with E-state index in [-0.39, 0.29) is 6.09 Å². The highest BCUT2D eigenvalue weighted by atomic mass is 32.1. The Labute approximate surface area is 147 Å². The number of rotatable bonds is 5. The van der Waals surface area contributed by atoms with Crippen molar-refractivity contribution < 1.29 is 9.53 Å². The van der Waals surface area contributed by atoms with E-state index in [1.807, 2.05) is 13.8 Å². The minimum absolute atomic E-state index is 0.223. The zero-order chi connectivity index (χ0) is 17.4. The van der Waals surface area contributed by atoms with Gasteiger partial charge < -0.3 is 19.9 Å². The van der Waals surface area contributed by atoms with Gasteiger partial charge in [0.2, 0.25) is 0 Å². The van der Waals surface area contributed by atoms with Crippen molar-refractivity contribution in [3.05, 3.63) is 16.1 Å². The number of thiazole rings is 1. The lowest BCUT2D eigenvalue weighted by Crippen LogP contribution is -2.54. The van der Waals surface area contributed by atoms with Crippen LogP contribution in [0.1, 0.15) is 24.0 Å². The lowest BCUT2D eigenvalue weighted by molar-refractivity contribution is 0.0914. The third-order valence-corrected chi connectivity index (χ3v) is 4.86. The van der Waals surface area contributed by atoms with Gasteiger partial charge in [0, 0.05) is 57.3 Å². The summed E-state index contributed by atoms with van der Waals surface area (Å²) in [5.41, 5.74) is 1.10. The van der Waals surface area contributed by atoms with Crippen molar-refractivity contribution in [3.63, 3.8) is 0 Å². The molecule has 1 amide bonds. The van der Waals surface area contributed by atoms with Crippen LogP contribution in [0.4, 0.5) is 4.79 Å². The maximum Gasteiger partial charge on any atom is 0.409 e. The van der Waals surface area contributed by atoms with Crippen LogP contribution in [0.2, 0.25) is 0 Å². The summed E-state index contributed by atoms with van der Waals surface area (Å²) in [6.45, 7) is 8.00. The first-order valence-corrected chi connectivity index (χ1v) is 9.30. The Bertz CT molecular complexity index is 552. The fourth-order valence-corrected chi connectivity index (χ4v) is 3.42. The molecule has 0 spiro atoms. The van der Waals surface area contributed by atoms with Gasteiger partial charge in [-0.25, -0.2) is 9.78 Å². The van der Waals surface area contributed by atoms with E-state index in [4.69, 9.17) is 4.74 Å². The maximum absolute atomic E-state index is 11.7. The molecular weight excluding hydrogens is 326 g/mol. The summed E-state index contributed by atoms with van der Waals surface area (Å²) >= 11 is 1.72. The highest BCUT2D eigenvalue weighted by Crippen LogP contribution is 2.10. The van der Waals surface area contributed by atoms with Gasteiger partial charge in [-0.2, -0.15) is 0 Å². The first-order valence-electron chi connectivity index (χ1n) is 8.42. The highest BCUT2D eigenvalue weighted by molar-refractivity contribution is 7.09. The predicted molar refractivity (Wildman–Crippen MR) is 96.7 cm³/mol. The smallest absolute Gasteiger partial charge is 0.409 e. The zero-order valence-corrected chi connectivity index (χ0v) is 15.6. The second kappa shape index (κ2) is 9.46. The van der Waals surface area contributed by atoms with Crippen molar-refractivity contribution in [1.29, 1.82) is 0 Å².